The van der Waals surface area contributed by atoms with Crippen molar-refractivity contribution < 1.29 is 14.3 Å². The van der Waals surface area contributed by atoms with E-state index >= 15 is 0 Å². The zero-order valence-electron chi connectivity index (χ0n) is 15.0. The van der Waals surface area contributed by atoms with Crippen molar-refractivity contribution in [2.45, 2.75) is 26.8 Å². The van der Waals surface area contributed by atoms with Crippen molar-refractivity contribution in [1.82, 2.24) is 4.90 Å². The van der Waals surface area contributed by atoms with Gasteiger partial charge in [0.2, 0.25) is 5.91 Å². The molecule has 0 aliphatic rings. The number of aryl methyl sites for hydroxylation is 1. The highest BCUT2D eigenvalue weighted by molar-refractivity contribution is 7.18. The number of hydrogen-bond acceptors (Lipinski definition) is 5. The van der Waals surface area contributed by atoms with E-state index in [-0.39, 0.29) is 24.5 Å². The van der Waals surface area contributed by atoms with Crippen LogP contribution in [0.2, 0.25) is 0 Å². The van der Waals surface area contributed by atoms with Gasteiger partial charge < -0.3 is 10.1 Å². The van der Waals surface area contributed by atoms with Crippen LogP contribution in [0.1, 0.15) is 40.7 Å². The third-order valence-corrected chi connectivity index (χ3v) is 5.11. The third-order valence-electron chi connectivity index (χ3n) is 3.98. The molecule has 6 heteroatoms. The quantitative estimate of drug-likeness (QED) is 0.762. The molecule has 0 saturated carbocycles. The van der Waals surface area contributed by atoms with Gasteiger partial charge in [-0.1, -0.05) is 30.3 Å². The number of carbonyl (C=O) groups is 2. The molecule has 1 heterocycles. The minimum absolute atomic E-state index is 0.109. The topological polar surface area (TPSA) is 58.6 Å². The van der Waals surface area contributed by atoms with E-state index in [0.717, 1.165) is 11.1 Å². The summed E-state index contributed by atoms with van der Waals surface area (Å²) in [5.74, 6) is -0.456. The number of hydrogen-bond donors (Lipinski definition) is 1. The molecule has 0 aliphatic carbocycles. The van der Waals surface area contributed by atoms with Gasteiger partial charge in [-0.05, 0) is 45.0 Å². The Morgan fingerprint density at radius 1 is 1.28 bits per heavy atom. The second kappa shape index (κ2) is 8.78. The zero-order chi connectivity index (χ0) is 18.4. The Morgan fingerprint density at radius 3 is 2.60 bits per heavy atom. The van der Waals surface area contributed by atoms with Crippen LogP contribution in [0.25, 0.3) is 0 Å². The summed E-state index contributed by atoms with van der Waals surface area (Å²) in [5.41, 5.74) is 1.97. The maximum atomic E-state index is 12.3. The first-order chi connectivity index (χ1) is 11.9. The van der Waals surface area contributed by atoms with Crippen molar-refractivity contribution in [1.29, 1.82) is 0 Å². The van der Waals surface area contributed by atoms with Crippen LogP contribution in [0.5, 0.6) is 0 Å². The SMILES string of the molecule is CCOC(=O)c1sc(NC(=O)CN(C)C(C)c2ccccc2)cc1C. The van der Waals surface area contributed by atoms with Crippen LogP contribution in [0, 0.1) is 6.92 Å². The van der Waals surface area contributed by atoms with Crippen LogP contribution in [0.15, 0.2) is 36.4 Å². The van der Waals surface area contributed by atoms with Gasteiger partial charge in [0.05, 0.1) is 18.2 Å². The van der Waals surface area contributed by atoms with Crippen molar-refractivity contribution in [3.63, 3.8) is 0 Å². The lowest BCUT2D eigenvalue weighted by Crippen LogP contribution is -2.32. The van der Waals surface area contributed by atoms with E-state index in [2.05, 4.69) is 12.2 Å². The van der Waals surface area contributed by atoms with E-state index < -0.39 is 0 Å². The number of benzene rings is 1. The Labute approximate surface area is 152 Å². The molecule has 5 nitrogen and oxygen atoms in total. The molecular weight excluding hydrogens is 336 g/mol. The number of nitrogens with zero attached hydrogens (tertiary/aromatic N) is 1. The van der Waals surface area contributed by atoms with Gasteiger partial charge in [0.15, 0.2) is 0 Å². The first-order valence-electron chi connectivity index (χ1n) is 8.25. The van der Waals surface area contributed by atoms with Crippen LogP contribution in [-0.4, -0.2) is 37.0 Å². The van der Waals surface area contributed by atoms with E-state index in [4.69, 9.17) is 4.74 Å². The fraction of sp³-hybridized carbons (Fsp3) is 0.368. The normalized spacial score (nSPS) is 12.0. The van der Waals surface area contributed by atoms with E-state index in [1.54, 1.807) is 13.0 Å². The highest BCUT2D eigenvalue weighted by atomic mass is 32.1. The van der Waals surface area contributed by atoms with E-state index in [9.17, 15) is 9.59 Å². The summed E-state index contributed by atoms with van der Waals surface area (Å²) in [4.78, 5) is 26.7. The average Bonchev–Trinajstić information content (AvgIpc) is 2.95. The van der Waals surface area contributed by atoms with Crippen LogP contribution in [-0.2, 0) is 9.53 Å². The van der Waals surface area contributed by atoms with Gasteiger partial charge in [0.1, 0.15) is 4.88 Å². The molecule has 0 spiro atoms. The van der Waals surface area contributed by atoms with E-state index in [1.807, 2.05) is 49.2 Å². The molecule has 2 aromatic rings. The molecule has 1 N–H and O–H groups in total. The fourth-order valence-electron chi connectivity index (χ4n) is 2.47. The minimum Gasteiger partial charge on any atom is -0.462 e. The number of carbonyl (C=O) groups excluding carboxylic acids is 2. The number of nitrogens with one attached hydrogen (secondary N) is 1. The van der Waals surface area contributed by atoms with Crippen LogP contribution in [0.4, 0.5) is 5.00 Å². The van der Waals surface area contributed by atoms with Gasteiger partial charge in [0.25, 0.3) is 0 Å². The Balaban J connectivity index is 1.96. The maximum absolute atomic E-state index is 12.3. The summed E-state index contributed by atoms with van der Waals surface area (Å²) in [6, 6.07) is 12.0. The number of likely N-dealkylation sites (N-methyl/N-ethyl adjacent to an activating group) is 1. The van der Waals surface area contributed by atoms with Gasteiger partial charge in [-0.25, -0.2) is 4.79 Å². The molecule has 2 rings (SSSR count). The summed E-state index contributed by atoms with van der Waals surface area (Å²) in [7, 11) is 1.92. The Hall–Kier alpha value is -2.18. The van der Waals surface area contributed by atoms with Gasteiger partial charge in [-0.15, -0.1) is 11.3 Å². The Morgan fingerprint density at radius 2 is 1.96 bits per heavy atom. The van der Waals surface area contributed by atoms with Crippen LogP contribution in [0.3, 0.4) is 0 Å². The number of thiophene rings is 1. The zero-order valence-corrected chi connectivity index (χ0v) is 15.9. The third kappa shape index (κ3) is 5.14. The number of rotatable bonds is 7. The lowest BCUT2D eigenvalue weighted by molar-refractivity contribution is -0.117. The van der Waals surface area contributed by atoms with E-state index in [0.29, 0.717) is 16.5 Å². The second-order valence-electron chi connectivity index (χ2n) is 5.89. The summed E-state index contributed by atoms with van der Waals surface area (Å²) in [5, 5.41) is 3.53. The molecule has 0 fully saturated rings. The number of esters is 1. The average molecular weight is 360 g/mol. The monoisotopic (exact) mass is 360 g/mol. The molecule has 1 aromatic heterocycles. The van der Waals surface area contributed by atoms with Crippen molar-refractivity contribution in [3.05, 3.63) is 52.4 Å². The number of anilines is 1. The largest absolute Gasteiger partial charge is 0.462 e. The first kappa shape index (κ1) is 19.1. The van der Waals surface area contributed by atoms with Gasteiger partial charge >= 0.3 is 5.97 Å². The second-order valence-corrected chi connectivity index (χ2v) is 6.95. The molecule has 134 valence electrons. The molecule has 0 bridgehead atoms. The molecule has 1 aromatic carbocycles. The van der Waals surface area contributed by atoms with E-state index in [1.165, 1.54) is 11.3 Å². The summed E-state index contributed by atoms with van der Waals surface area (Å²) < 4.78 is 5.02. The Kier molecular flexibility index (Phi) is 6.73. The maximum Gasteiger partial charge on any atom is 0.348 e. The van der Waals surface area contributed by atoms with Crippen molar-refractivity contribution >= 4 is 28.2 Å². The smallest absolute Gasteiger partial charge is 0.348 e. The molecule has 25 heavy (non-hydrogen) atoms. The van der Waals surface area contributed by atoms with Gasteiger partial charge in [-0.2, -0.15) is 0 Å². The summed E-state index contributed by atoms with van der Waals surface area (Å²) in [6.45, 7) is 6.27. The highest BCUT2D eigenvalue weighted by Gasteiger charge is 2.18. The predicted octanol–water partition coefficient (Wildman–Crippen LogP) is 3.86. The number of amides is 1. The van der Waals surface area contributed by atoms with Crippen molar-refractivity contribution in [2.24, 2.45) is 0 Å². The molecular formula is C19H24N2O3S. The summed E-state index contributed by atoms with van der Waals surface area (Å²) in [6.07, 6.45) is 0. The minimum atomic E-state index is -0.347. The molecule has 1 atom stereocenters. The highest BCUT2D eigenvalue weighted by Crippen LogP contribution is 2.27. The van der Waals surface area contributed by atoms with Gasteiger partial charge in [0, 0.05) is 6.04 Å². The molecule has 0 saturated heterocycles. The number of ether oxygens (including phenoxy) is 1. The molecule has 1 unspecified atom stereocenters. The van der Waals surface area contributed by atoms with Crippen molar-refractivity contribution in [2.75, 3.05) is 25.5 Å². The standard InChI is InChI=1S/C19H24N2O3S/c1-5-24-19(23)18-13(2)11-17(25-18)20-16(22)12-21(4)14(3)15-9-7-6-8-10-15/h6-11,14H,5,12H2,1-4H3,(H,20,22). The van der Waals surface area contributed by atoms with Crippen LogP contribution >= 0.6 is 11.3 Å². The molecule has 0 aliphatic heterocycles. The van der Waals surface area contributed by atoms with Gasteiger partial charge in [-0.3, -0.25) is 9.69 Å². The lowest BCUT2D eigenvalue weighted by Gasteiger charge is -2.24. The Bertz CT molecular complexity index is 728. The molecule has 1 amide bonds. The summed E-state index contributed by atoms with van der Waals surface area (Å²) >= 11 is 1.24. The predicted molar refractivity (Wildman–Crippen MR) is 101 cm³/mol. The molecule has 0 radical (unpaired) electrons. The van der Waals surface area contributed by atoms with Crippen LogP contribution < -0.4 is 5.32 Å². The lowest BCUT2D eigenvalue weighted by atomic mass is 10.1. The fourth-order valence-corrected chi connectivity index (χ4v) is 3.45. The first-order valence-corrected chi connectivity index (χ1v) is 9.06. The van der Waals surface area contributed by atoms with Crippen molar-refractivity contribution in [3.8, 4) is 0 Å².